The molecule has 1 saturated heterocycles. The molecule has 1 N–H and O–H groups in total. The van der Waals surface area contributed by atoms with E-state index in [1.165, 1.54) is 36.4 Å². The summed E-state index contributed by atoms with van der Waals surface area (Å²) in [5.74, 6) is 2.91. The van der Waals surface area contributed by atoms with E-state index in [4.69, 9.17) is 0 Å². The number of nitrogens with one attached hydrogen (secondary N) is 1. The normalized spacial score (nSPS) is 30.7. The summed E-state index contributed by atoms with van der Waals surface area (Å²) in [5.41, 5.74) is 2.81. The van der Waals surface area contributed by atoms with Gasteiger partial charge in [0.15, 0.2) is 0 Å². The van der Waals surface area contributed by atoms with Crippen LogP contribution in [0.25, 0.3) is 0 Å². The van der Waals surface area contributed by atoms with Gasteiger partial charge in [0.1, 0.15) is 0 Å². The molecule has 0 spiro atoms. The van der Waals surface area contributed by atoms with E-state index in [9.17, 15) is 0 Å². The van der Waals surface area contributed by atoms with Crippen LogP contribution in [0.4, 0.5) is 0 Å². The van der Waals surface area contributed by atoms with E-state index < -0.39 is 0 Å². The zero-order chi connectivity index (χ0) is 13.2. The largest absolute Gasteiger partial charge is 0.296 e. The van der Waals surface area contributed by atoms with Crippen molar-refractivity contribution in [1.29, 1.82) is 0 Å². The SMILES string of the molecule is C=CCN1C[C@H](CSC)C[C@@H]2Cc3[nH]ncc3CC21. The van der Waals surface area contributed by atoms with E-state index in [1.807, 2.05) is 18.0 Å². The highest BCUT2D eigenvalue weighted by Crippen LogP contribution is 2.37. The molecule has 4 heteroatoms. The minimum absolute atomic E-state index is 0.696. The summed E-state index contributed by atoms with van der Waals surface area (Å²) in [7, 11) is 0. The Kier molecular flexibility index (Phi) is 3.99. The first-order chi connectivity index (χ1) is 9.31. The standard InChI is InChI=1S/C15H23N3S/c1-3-4-18-9-11(10-19-2)5-12-6-14-13(7-15(12)18)8-16-17-14/h3,8,11-12,15H,1,4-7,9-10H2,2H3,(H,16,17)/t11-,12-,15?/m1/s1. The predicted octanol–water partition coefficient (Wildman–Crippen LogP) is 2.36. The topological polar surface area (TPSA) is 31.9 Å². The molecule has 1 aromatic heterocycles. The van der Waals surface area contributed by atoms with Gasteiger partial charge in [-0.1, -0.05) is 6.08 Å². The summed E-state index contributed by atoms with van der Waals surface area (Å²) < 4.78 is 0. The lowest BCUT2D eigenvalue weighted by Crippen LogP contribution is -2.52. The number of rotatable bonds is 4. The Bertz CT molecular complexity index is 442. The molecule has 3 atom stereocenters. The maximum absolute atomic E-state index is 4.22. The van der Waals surface area contributed by atoms with Crippen LogP contribution in [0, 0.1) is 11.8 Å². The Morgan fingerprint density at radius 2 is 2.47 bits per heavy atom. The zero-order valence-corrected chi connectivity index (χ0v) is 12.5. The van der Waals surface area contributed by atoms with Gasteiger partial charge in [-0.2, -0.15) is 16.9 Å². The van der Waals surface area contributed by atoms with Gasteiger partial charge in [0.25, 0.3) is 0 Å². The Morgan fingerprint density at radius 3 is 3.26 bits per heavy atom. The number of thioether (sulfide) groups is 1. The average molecular weight is 277 g/mol. The van der Waals surface area contributed by atoms with Gasteiger partial charge < -0.3 is 0 Å². The summed E-state index contributed by atoms with van der Waals surface area (Å²) in [4.78, 5) is 2.65. The van der Waals surface area contributed by atoms with Crippen molar-refractivity contribution in [2.75, 3.05) is 25.1 Å². The molecule has 1 fully saturated rings. The van der Waals surface area contributed by atoms with Crippen molar-refractivity contribution in [3.05, 3.63) is 30.1 Å². The number of likely N-dealkylation sites (tertiary alicyclic amines) is 1. The molecule has 3 nitrogen and oxygen atoms in total. The summed E-state index contributed by atoms with van der Waals surface area (Å²) in [6.07, 6.45) is 10.0. The minimum atomic E-state index is 0.696. The lowest BCUT2D eigenvalue weighted by atomic mass is 9.75. The molecule has 19 heavy (non-hydrogen) atoms. The van der Waals surface area contributed by atoms with Crippen LogP contribution in [0.1, 0.15) is 17.7 Å². The van der Waals surface area contributed by atoms with Gasteiger partial charge >= 0.3 is 0 Å². The van der Waals surface area contributed by atoms with Crippen molar-refractivity contribution in [2.24, 2.45) is 11.8 Å². The van der Waals surface area contributed by atoms with E-state index in [1.54, 1.807) is 0 Å². The molecular weight excluding hydrogens is 254 g/mol. The van der Waals surface area contributed by atoms with Crippen LogP contribution in [0.15, 0.2) is 18.9 Å². The summed E-state index contributed by atoms with van der Waals surface area (Å²) in [6.45, 7) is 6.20. The number of hydrogen-bond donors (Lipinski definition) is 1. The molecule has 0 radical (unpaired) electrons. The third kappa shape index (κ3) is 2.61. The molecule has 3 rings (SSSR count). The summed E-state index contributed by atoms with van der Waals surface area (Å²) in [6, 6.07) is 0.696. The first-order valence-electron chi connectivity index (χ1n) is 7.16. The molecule has 104 valence electrons. The van der Waals surface area contributed by atoms with Crippen LogP contribution in [-0.2, 0) is 12.8 Å². The van der Waals surface area contributed by atoms with Gasteiger partial charge in [-0.15, -0.1) is 6.58 Å². The van der Waals surface area contributed by atoms with E-state index >= 15 is 0 Å². The molecule has 0 saturated carbocycles. The van der Waals surface area contributed by atoms with Crippen molar-refractivity contribution in [1.82, 2.24) is 15.1 Å². The second-order valence-electron chi connectivity index (χ2n) is 5.91. The predicted molar refractivity (Wildman–Crippen MR) is 81.5 cm³/mol. The second-order valence-corrected chi connectivity index (χ2v) is 6.82. The number of piperidine rings is 1. The Hall–Kier alpha value is -0.740. The summed E-state index contributed by atoms with van der Waals surface area (Å²) >= 11 is 1.98. The van der Waals surface area contributed by atoms with Crippen molar-refractivity contribution in [3.8, 4) is 0 Å². The Balaban J connectivity index is 1.80. The first kappa shape index (κ1) is 13.3. The van der Waals surface area contributed by atoms with Crippen LogP contribution < -0.4 is 0 Å². The number of H-pyrrole nitrogens is 1. The van der Waals surface area contributed by atoms with Gasteiger partial charge in [-0.25, -0.2) is 0 Å². The second kappa shape index (κ2) is 5.71. The van der Waals surface area contributed by atoms with E-state index in [-0.39, 0.29) is 0 Å². The monoisotopic (exact) mass is 277 g/mol. The van der Waals surface area contributed by atoms with E-state index in [2.05, 4.69) is 34.0 Å². The van der Waals surface area contributed by atoms with Crippen LogP contribution >= 0.6 is 11.8 Å². The molecule has 0 aromatic carbocycles. The van der Waals surface area contributed by atoms with Crippen molar-refractivity contribution in [3.63, 3.8) is 0 Å². The van der Waals surface area contributed by atoms with Gasteiger partial charge in [-0.05, 0) is 48.7 Å². The Labute approximate surface area is 119 Å². The van der Waals surface area contributed by atoms with Crippen LogP contribution in [-0.4, -0.2) is 46.2 Å². The number of hydrogen-bond acceptors (Lipinski definition) is 3. The van der Waals surface area contributed by atoms with Gasteiger partial charge in [0.2, 0.25) is 0 Å². The first-order valence-corrected chi connectivity index (χ1v) is 8.56. The third-order valence-corrected chi connectivity index (χ3v) is 5.42. The number of nitrogens with zero attached hydrogens (tertiary/aromatic N) is 2. The molecule has 1 aromatic rings. The molecule has 0 amide bonds. The average Bonchev–Trinajstić information content (AvgIpc) is 2.84. The number of aromatic nitrogens is 2. The van der Waals surface area contributed by atoms with E-state index in [0.29, 0.717) is 6.04 Å². The zero-order valence-electron chi connectivity index (χ0n) is 11.6. The number of aromatic amines is 1. The van der Waals surface area contributed by atoms with Crippen LogP contribution in [0.2, 0.25) is 0 Å². The molecule has 0 bridgehead atoms. The highest BCUT2D eigenvalue weighted by Gasteiger charge is 2.38. The van der Waals surface area contributed by atoms with E-state index in [0.717, 1.165) is 24.8 Å². The smallest absolute Gasteiger partial charge is 0.0522 e. The van der Waals surface area contributed by atoms with Gasteiger partial charge in [0.05, 0.1) is 6.20 Å². The van der Waals surface area contributed by atoms with Crippen molar-refractivity contribution in [2.45, 2.75) is 25.3 Å². The maximum Gasteiger partial charge on any atom is 0.0522 e. The van der Waals surface area contributed by atoms with Crippen LogP contribution in [0.3, 0.4) is 0 Å². The fourth-order valence-electron chi connectivity index (χ4n) is 3.85. The highest BCUT2D eigenvalue weighted by molar-refractivity contribution is 7.98. The van der Waals surface area contributed by atoms with Gasteiger partial charge in [0, 0.05) is 24.8 Å². The minimum Gasteiger partial charge on any atom is -0.296 e. The highest BCUT2D eigenvalue weighted by atomic mass is 32.2. The molecule has 1 unspecified atom stereocenters. The van der Waals surface area contributed by atoms with Crippen molar-refractivity contribution < 1.29 is 0 Å². The Morgan fingerprint density at radius 1 is 1.58 bits per heavy atom. The molecule has 1 aliphatic carbocycles. The fourth-order valence-corrected chi connectivity index (χ4v) is 4.56. The molecular formula is C15H23N3S. The van der Waals surface area contributed by atoms with Crippen molar-refractivity contribution >= 4 is 11.8 Å². The number of fused-ring (bicyclic) bond motifs is 2. The maximum atomic E-state index is 4.22. The lowest BCUT2D eigenvalue weighted by Gasteiger charge is -2.46. The molecule has 2 heterocycles. The lowest BCUT2D eigenvalue weighted by molar-refractivity contribution is 0.0661. The quantitative estimate of drug-likeness (QED) is 0.858. The fraction of sp³-hybridized carbons (Fsp3) is 0.667. The third-order valence-electron chi connectivity index (χ3n) is 4.61. The van der Waals surface area contributed by atoms with Gasteiger partial charge in [-0.3, -0.25) is 10.00 Å². The molecule has 1 aliphatic heterocycles. The molecule has 2 aliphatic rings. The van der Waals surface area contributed by atoms with Crippen LogP contribution in [0.5, 0.6) is 0 Å². The summed E-state index contributed by atoms with van der Waals surface area (Å²) in [5, 5.41) is 7.41.